The van der Waals surface area contributed by atoms with Gasteiger partial charge in [-0.15, -0.1) is 0 Å². The number of carbonyl (C=O) groups excluding carboxylic acids is 2. The average molecular weight is 410 g/mol. The number of nitrogens with one attached hydrogen (secondary N) is 1. The fourth-order valence-electron chi connectivity index (χ4n) is 3.77. The molecule has 0 heterocycles. The first kappa shape index (κ1) is 21.9. The Hall–Kier alpha value is -2.82. The summed E-state index contributed by atoms with van der Waals surface area (Å²) >= 11 is 0. The summed E-state index contributed by atoms with van der Waals surface area (Å²) in [7, 11) is 1.33. The number of carbonyl (C=O) groups is 2. The lowest BCUT2D eigenvalue weighted by Crippen LogP contribution is -2.40. The molecule has 0 aromatic heterocycles. The molecule has 2 atom stereocenters. The van der Waals surface area contributed by atoms with Crippen LogP contribution >= 0.6 is 0 Å². The van der Waals surface area contributed by atoms with Crippen LogP contribution in [0.3, 0.4) is 0 Å². The largest absolute Gasteiger partial charge is 0.493 e. The third kappa shape index (κ3) is 5.02. The van der Waals surface area contributed by atoms with Crippen LogP contribution in [0.1, 0.15) is 56.7 Å². The summed E-state index contributed by atoms with van der Waals surface area (Å²) in [6, 6.07) is 16.2. The van der Waals surface area contributed by atoms with Gasteiger partial charge in [0.25, 0.3) is 0 Å². The summed E-state index contributed by atoms with van der Waals surface area (Å²) in [4.78, 5) is 25.5. The SMILES string of the molecule is CCCC(C)COc1ccc([C@@H](NC(=O)C2(c3ccccc3)CC2)C(=O)OC)cc1. The number of rotatable bonds is 10. The monoisotopic (exact) mass is 409 g/mol. The fourth-order valence-corrected chi connectivity index (χ4v) is 3.77. The van der Waals surface area contributed by atoms with Crippen molar-refractivity contribution >= 4 is 11.9 Å². The summed E-state index contributed by atoms with van der Waals surface area (Å²) < 4.78 is 10.8. The van der Waals surface area contributed by atoms with Crippen LogP contribution in [0, 0.1) is 5.92 Å². The Bertz CT molecular complexity index is 843. The highest BCUT2D eigenvalue weighted by molar-refractivity contribution is 5.94. The lowest BCUT2D eigenvalue weighted by Gasteiger charge is -2.22. The van der Waals surface area contributed by atoms with E-state index in [0.29, 0.717) is 18.1 Å². The van der Waals surface area contributed by atoms with Crippen molar-refractivity contribution < 1.29 is 19.1 Å². The normalized spacial score (nSPS) is 16.2. The van der Waals surface area contributed by atoms with E-state index >= 15 is 0 Å². The van der Waals surface area contributed by atoms with E-state index in [1.54, 1.807) is 0 Å². The second-order valence-electron chi connectivity index (χ2n) is 8.15. The Kier molecular flexibility index (Phi) is 7.14. The minimum absolute atomic E-state index is 0.141. The van der Waals surface area contributed by atoms with E-state index in [-0.39, 0.29) is 5.91 Å². The molecule has 0 bridgehead atoms. The Balaban J connectivity index is 1.70. The molecule has 0 aliphatic heterocycles. The maximum Gasteiger partial charge on any atom is 0.333 e. The van der Waals surface area contributed by atoms with Gasteiger partial charge in [-0.2, -0.15) is 0 Å². The molecule has 2 aromatic carbocycles. The Morgan fingerprint density at radius 3 is 2.30 bits per heavy atom. The van der Waals surface area contributed by atoms with Gasteiger partial charge in [-0.3, -0.25) is 4.79 Å². The molecule has 1 saturated carbocycles. The molecule has 1 aliphatic carbocycles. The summed E-state index contributed by atoms with van der Waals surface area (Å²) in [5, 5.41) is 2.92. The van der Waals surface area contributed by atoms with Crippen LogP contribution in [-0.2, 0) is 19.7 Å². The van der Waals surface area contributed by atoms with Gasteiger partial charge in [0.05, 0.1) is 19.1 Å². The topological polar surface area (TPSA) is 64.6 Å². The van der Waals surface area contributed by atoms with Crippen molar-refractivity contribution in [2.24, 2.45) is 5.92 Å². The molecule has 5 heteroatoms. The number of methoxy groups -OCH3 is 1. The number of amides is 1. The molecule has 1 aliphatic rings. The van der Waals surface area contributed by atoms with Crippen molar-refractivity contribution in [1.29, 1.82) is 0 Å². The second-order valence-corrected chi connectivity index (χ2v) is 8.15. The predicted molar refractivity (Wildman–Crippen MR) is 116 cm³/mol. The molecule has 30 heavy (non-hydrogen) atoms. The Morgan fingerprint density at radius 2 is 1.73 bits per heavy atom. The summed E-state index contributed by atoms with van der Waals surface area (Å²) in [6.45, 7) is 4.99. The molecule has 0 radical (unpaired) electrons. The van der Waals surface area contributed by atoms with Crippen LogP contribution in [0.15, 0.2) is 54.6 Å². The summed E-state index contributed by atoms with van der Waals surface area (Å²) in [5.74, 6) is 0.611. The molecule has 1 unspecified atom stereocenters. The van der Waals surface area contributed by atoms with Crippen molar-refractivity contribution in [3.8, 4) is 5.75 Å². The van der Waals surface area contributed by atoms with Crippen molar-refractivity contribution in [2.75, 3.05) is 13.7 Å². The van der Waals surface area contributed by atoms with Crippen LogP contribution in [0.25, 0.3) is 0 Å². The third-order valence-corrected chi connectivity index (χ3v) is 5.75. The van der Waals surface area contributed by atoms with Crippen molar-refractivity contribution in [3.63, 3.8) is 0 Å². The first-order chi connectivity index (χ1) is 14.5. The van der Waals surface area contributed by atoms with Gasteiger partial charge in [0, 0.05) is 0 Å². The van der Waals surface area contributed by atoms with Crippen LogP contribution in [-0.4, -0.2) is 25.6 Å². The number of esters is 1. The highest BCUT2D eigenvalue weighted by atomic mass is 16.5. The van der Waals surface area contributed by atoms with Gasteiger partial charge in [-0.1, -0.05) is 62.7 Å². The van der Waals surface area contributed by atoms with E-state index in [1.807, 2.05) is 54.6 Å². The van der Waals surface area contributed by atoms with Gasteiger partial charge < -0.3 is 14.8 Å². The van der Waals surface area contributed by atoms with Gasteiger partial charge in [-0.05, 0) is 48.4 Å². The minimum atomic E-state index is -0.850. The molecule has 160 valence electrons. The van der Waals surface area contributed by atoms with Crippen molar-refractivity contribution in [1.82, 2.24) is 5.32 Å². The molecule has 0 saturated heterocycles. The zero-order chi connectivity index (χ0) is 21.6. The van der Waals surface area contributed by atoms with Gasteiger partial charge in [0.1, 0.15) is 5.75 Å². The van der Waals surface area contributed by atoms with Gasteiger partial charge in [0.15, 0.2) is 6.04 Å². The van der Waals surface area contributed by atoms with Crippen LogP contribution in [0.4, 0.5) is 0 Å². The van der Waals surface area contributed by atoms with Crippen molar-refractivity contribution in [2.45, 2.75) is 51.0 Å². The Labute approximate surface area is 178 Å². The molecule has 5 nitrogen and oxygen atoms in total. The van der Waals surface area contributed by atoms with E-state index in [9.17, 15) is 9.59 Å². The van der Waals surface area contributed by atoms with E-state index in [4.69, 9.17) is 9.47 Å². The fraction of sp³-hybridized carbons (Fsp3) is 0.440. The number of benzene rings is 2. The van der Waals surface area contributed by atoms with Crippen LogP contribution in [0.2, 0.25) is 0 Å². The molecule has 3 rings (SSSR count). The highest BCUT2D eigenvalue weighted by Crippen LogP contribution is 2.48. The molecule has 2 aromatic rings. The maximum absolute atomic E-state index is 13.1. The molecular weight excluding hydrogens is 378 g/mol. The quantitative estimate of drug-likeness (QED) is 0.584. The summed E-state index contributed by atoms with van der Waals surface area (Å²) in [5.41, 5.74) is 1.11. The number of hydrogen-bond acceptors (Lipinski definition) is 4. The minimum Gasteiger partial charge on any atom is -0.493 e. The second kappa shape index (κ2) is 9.79. The van der Waals surface area contributed by atoms with Gasteiger partial charge in [0.2, 0.25) is 5.91 Å². The van der Waals surface area contributed by atoms with E-state index in [0.717, 1.165) is 37.0 Å². The van der Waals surface area contributed by atoms with Gasteiger partial charge in [-0.25, -0.2) is 4.79 Å². The number of hydrogen-bond donors (Lipinski definition) is 1. The van der Waals surface area contributed by atoms with Gasteiger partial charge >= 0.3 is 5.97 Å². The zero-order valence-corrected chi connectivity index (χ0v) is 18.0. The van der Waals surface area contributed by atoms with E-state index < -0.39 is 17.4 Å². The summed E-state index contributed by atoms with van der Waals surface area (Å²) in [6.07, 6.45) is 3.81. The molecule has 0 spiro atoms. The highest BCUT2D eigenvalue weighted by Gasteiger charge is 2.52. The van der Waals surface area contributed by atoms with Crippen LogP contribution in [0.5, 0.6) is 5.75 Å². The third-order valence-electron chi connectivity index (χ3n) is 5.75. The first-order valence-corrected chi connectivity index (χ1v) is 10.7. The zero-order valence-electron chi connectivity index (χ0n) is 18.0. The smallest absolute Gasteiger partial charge is 0.333 e. The predicted octanol–water partition coefficient (Wildman–Crippen LogP) is 4.56. The lowest BCUT2D eigenvalue weighted by molar-refractivity contribution is -0.145. The average Bonchev–Trinajstić information content (AvgIpc) is 3.59. The Morgan fingerprint density at radius 1 is 1.07 bits per heavy atom. The number of ether oxygens (including phenoxy) is 2. The van der Waals surface area contributed by atoms with E-state index in [2.05, 4.69) is 19.2 Å². The molecular formula is C25H31NO4. The first-order valence-electron chi connectivity index (χ1n) is 10.7. The standard InChI is InChI=1S/C25H31NO4/c1-4-8-18(2)17-30-21-13-11-19(12-14-21)22(23(27)29-3)26-24(28)25(15-16-25)20-9-6-5-7-10-20/h5-7,9-14,18,22H,4,8,15-17H2,1-3H3,(H,26,28)/t18?,22-/m1/s1. The van der Waals surface area contributed by atoms with E-state index in [1.165, 1.54) is 7.11 Å². The maximum atomic E-state index is 13.1. The molecule has 1 N–H and O–H groups in total. The molecule has 1 fully saturated rings. The van der Waals surface area contributed by atoms with Crippen LogP contribution < -0.4 is 10.1 Å². The lowest BCUT2D eigenvalue weighted by atomic mass is 9.94. The molecule has 1 amide bonds. The van der Waals surface area contributed by atoms with Crippen molar-refractivity contribution in [3.05, 3.63) is 65.7 Å².